The van der Waals surface area contributed by atoms with E-state index in [9.17, 15) is 5.21 Å². The van der Waals surface area contributed by atoms with Gasteiger partial charge in [0.25, 0.3) is 0 Å². The molecule has 6 heteroatoms. The number of nitrogens with one attached hydrogen (secondary N) is 2. The van der Waals surface area contributed by atoms with Crippen molar-refractivity contribution in [2.45, 2.75) is 5.88 Å². The van der Waals surface area contributed by atoms with Gasteiger partial charge in [-0.1, -0.05) is 0 Å². The molecule has 62 valence electrons. The molecule has 0 aliphatic heterocycles. The van der Waals surface area contributed by atoms with E-state index < -0.39 is 0 Å². The number of aromatic nitrogens is 1. The highest BCUT2D eigenvalue weighted by Crippen LogP contribution is 2.14. The molecule has 1 unspecified atom stereocenters. The van der Waals surface area contributed by atoms with Gasteiger partial charge in [-0.25, -0.2) is 10.4 Å². The molecule has 11 heavy (non-hydrogen) atoms. The highest BCUT2D eigenvalue weighted by atomic mass is 35.5. The molecular formula is C5H8ClN3OS. The largest absolute Gasteiger partial charge is 0.608 e. The van der Waals surface area contributed by atoms with E-state index in [2.05, 4.69) is 10.4 Å². The summed E-state index contributed by atoms with van der Waals surface area (Å²) in [6.45, 7) is 0. The van der Waals surface area contributed by atoms with E-state index in [0.717, 1.165) is 5.69 Å². The number of thiazole rings is 1. The lowest BCUT2D eigenvalue weighted by atomic mass is 10.6. The molecule has 1 atom stereocenters. The van der Waals surface area contributed by atoms with Crippen molar-refractivity contribution >= 4 is 28.1 Å². The Kier molecular flexibility index (Phi) is 3.07. The molecule has 0 spiro atoms. The van der Waals surface area contributed by atoms with Crippen LogP contribution >= 0.6 is 22.9 Å². The average molecular weight is 194 g/mol. The van der Waals surface area contributed by atoms with Crippen LogP contribution in [0.4, 0.5) is 5.13 Å². The van der Waals surface area contributed by atoms with Crippen LogP contribution in [0.5, 0.6) is 0 Å². The molecule has 0 aliphatic carbocycles. The minimum Gasteiger partial charge on any atom is -0.608 e. The maximum atomic E-state index is 10.5. The third-order valence-electron chi connectivity index (χ3n) is 0.972. The molecule has 0 bridgehead atoms. The van der Waals surface area contributed by atoms with E-state index in [1.54, 1.807) is 0 Å². The normalized spacial score (nSPS) is 13.0. The van der Waals surface area contributed by atoms with Crippen LogP contribution in [-0.4, -0.2) is 12.0 Å². The van der Waals surface area contributed by atoms with Gasteiger partial charge in [0.15, 0.2) is 0 Å². The van der Waals surface area contributed by atoms with Gasteiger partial charge in [0.2, 0.25) is 5.13 Å². The Hall–Kier alpha value is -0.360. The van der Waals surface area contributed by atoms with E-state index >= 15 is 0 Å². The minimum absolute atomic E-state index is 0.111. The molecule has 1 aromatic heterocycles. The molecule has 0 amide bonds. The van der Waals surface area contributed by atoms with Crippen LogP contribution in [0.2, 0.25) is 0 Å². The zero-order valence-electron chi connectivity index (χ0n) is 5.93. The van der Waals surface area contributed by atoms with Crippen LogP contribution in [0.1, 0.15) is 5.69 Å². The maximum absolute atomic E-state index is 10.5. The lowest BCUT2D eigenvalue weighted by Crippen LogP contribution is -3.07. The van der Waals surface area contributed by atoms with Crippen molar-refractivity contribution in [3.63, 3.8) is 0 Å². The molecule has 2 N–H and O–H groups in total. The minimum atomic E-state index is -0.111. The zero-order chi connectivity index (χ0) is 8.27. The second-order valence-corrected chi connectivity index (χ2v) is 3.08. The number of quaternary nitrogens is 1. The number of nitrogens with zero attached hydrogens (tertiary/aromatic N) is 1. The van der Waals surface area contributed by atoms with Crippen LogP contribution < -0.4 is 10.6 Å². The summed E-state index contributed by atoms with van der Waals surface area (Å²) in [5, 5.41) is 12.8. The van der Waals surface area contributed by atoms with E-state index in [1.807, 2.05) is 5.38 Å². The molecule has 1 heterocycles. The zero-order valence-corrected chi connectivity index (χ0v) is 7.50. The second kappa shape index (κ2) is 3.87. The lowest BCUT2D eigenvalue weighted by Gasteiger charge is -2.14. The Labute approximate surface area is 73.4 Å². The Morgan fingerprint density at radius 3 is 3.09 bits per heavy atom. The molecule has 0 saturated carbocycles. The number of alkyl halides is 1. The van der Waals surface area contributed by atoms with Crippen molar-refractivity contribution in [3.8, 4) is 0 Å². The van der Waals surface area contributed by atoms with Gasteiger partial charge >= 0.3 is 0 Å². The summed E-state index contributed by atoms with van der Waals surface area (Å²) in [4.78, 5) is 4.02. The van der Waals surface area contributed by atoms with Crippen LogP contribution in [-0.2, 0) is 5.88 Å². The number of hydrogen-bond acceptors (Lipinski definition) is 4. The van der Waals surface area contributed by atoms with Crippen LogP contribution in [0, 0.1) is 5.21 Å². The van der Waals surface area contributed by atoms with Gasteiger partial charge in [0.05, 0.1) is 18.6 Å². The van der Waals surface area contributed by atoms with Gasteiger partial charge in [-0.2, -0.15) is 0 Å². The van der Waals surface area contributed by atoms with Gasteiger partial charge in [-0.15, -0.1) is 22.9 Å². The van der Waals surface area contributed by atoms with Crippen molar-refractivity contribution < 1.29 is 5.17 Å². The summed E-state index contributed by atoms with van der Waals surface area (Å²) in [6.07, 6.45) is 0. The van der Waals surface area contributed by atoms with Crippen molar-refractivity contribution in [1.29, 1.82) is 0 Å². The fraction of sp³-hybridized carbons (Fsp3) is 0.400. The number of anilines is 1. The van der Waals surface area contributed by atoms with E-state index in [1.165, 1.54) is 18.4 Å². The topological polar surface area (TPSA) is 52.4 Å². The van der Waals surface area contributed by atoms with Crippen LogP contribution in [0.25, 0.3) is 0 Å². The number of halogens is 1. The number of rotatable bonds is 3. The van der Waals surface area contributed by atoms with E-state index in [-0.39, 0.29) is 5.17 Å². The fourth-order valence-corrected chi connectivity index (χ4v) is 1.56. The van der Waals surface area contributed by atoms with Gasteiger partial charge in [-0.3, -0.25) is 5.17 Å². The summed E-state index contributed by atoms with van der Waals surface area (Å²) in [7, 11) is 1.45. The highest BCUT2D eigenvalue weighted by Gasteiger charge is 2.00. The summed E-state index contributed by atoms with van der Waals surface area (Å²) in [5.74, 6) is 0.385. The van der Waals surface area contributed by atoms with E-state index in [4.69, 9.17) is 11.6 Å². The smallest absolute Gasteiger partial charge is 0.230 e. The summed E-state index contributed by atoms with van der Waals surface area (Å²) >= 11 is 6.88. The van der Waals surface area contributed by atoms with Gasteiger partial charge in [0, 0.05) is 5.38 Å². The van der Waals surface area contributed by atoms with Gasteiger partial charge in [-0.05, 0) is 0 Å². The SMILES string of the molecule is C[NH+]([O-])Nc1nc(CCl)cs1. The Balaban J connectivity index is 2.58. The van der Waals surface area contributed by atoms with Gasteiger partial charge < -0.3 is 5.21 Å². The van der Waals surface area contributed by atoms with E-state index in [0.29, 0.717) is 11.0 Å². The monoisotopic (exact) mass is 193 g/mol. The molecule has 0 saturated heterocycles. The lowest BCUT2D eigenvalue weighted by molar-refractivity contribution is -0.800. The first kappa shape index (κ1) is 8.73. The molecule has 0 radical (unpaired) electrons. The highest BCUT2D eigenvalue weighted by molar-refractivity contribution is 7.13. The first-order chi connectivity index (χ1) is 5.22. The van der Waals surface area contributed by atoms with Crippen molar-refractivity contribution in [2.24, 2.45) is 0 Å². The molecule has 0 aromatic carbocycles. The second-order valence-electron chi connectivity index (χ2n) is 1.96. The molecular weight excluding hydrogens is 186 g/mol. The standard InChI is InChI=1S/C5H8ClN3OS/c1-9(10)8-5-7-4(2-6)3-11-5/h3,9H,2H2,1H3,(H,7,8). The third-order valence-corrected chi connectivity index (χ3v) is 2.05. The Bertz CT molecular complexity index is 227. The van der Waals surface area contributed by atoms with Crippen molar-refractivity contribution in [2.75, 3.05) is 12.5 Å². The molecule has 0 fully saturated rings. The maximum Gasteiger partial charge on any atom is 0.230 e. The summed E-state index contributed by atoms with van der Waals surface area (Å²) < 4.78 is 0. The molecule has 0 aliphatic rings. The molecule has 4 nitrogen and oxygen atoms in total. The fourth-order valence-electron chi connectivity index (χ4n) is 0.576. The molecule has 1 aromatic rings. The summed E-state index contributed by atoms with van der Waals surface area (Å²) in [6, 6.07) is 0. The van der Waals surface area contributed by atoms with Gasteiger partial charge in [0.1, 0.15) is 0 Å². The Morgan fingerprint density at radius 1 is 1.91 bits per heavy atom. The first-order valence-electron chi connectivity index (χ1n) is 3.00. The first-order valence-corrected chi connectivity index (χ1v) is 4.41. The van der Waals surface area contributed by atoms with Crippen molar-refractivity contribution in [3.05, 3.63) is 16.3 Å². The third kappa shape index (κ3) is 2.63. The predicted octanol–water partition coefficient (Wildman–Crippen LogP) is 0.221. The number of hydrogen-bond donors (Lipinski definition) is 2. The number of hydroxylamine groups is 1. The predicted molar refractivity (Wildman–Crippen MR) is 45.5 cm³/mol. The summed E-state index contributed by atoms with van der Waals surface area (Å²) in [5.41, 5.74) is 3.36. The Morgan fingerprint density at radius 2 is 2.64 bits per heavy atom. The van der Waals surface area contributed by atoms with Crippen LogP contribution in [0.3, 0.4) is 0 Å². The quantitative estimate of drug-likeness (QED) is 0.534. The van der Waals surface area contributed by atoms with Crippen LogP contribution in [0.15, 0.2) is 5.38 Å². The molecule has 1 rings (SSSR count). The van der Waals surface area contributed by atoms with Crippen molar-refractivity contribution in [1.82, 2.24) is 4.98 Å². The average Bonchev–Trinajstić information content (AvgIpc) is 2.34.